The average Bonchev–Trinajstić information content (AvgIpc) is 2.24. The molecule has 98 valence electrons. The number of ether oxygens (including phenoxy) is 1. The van der Waals surface area contributed by atoms with E-state index in [1.807, 2.05) is 0 Å². The highest BCUT2D eigenvalue weighted by molar-refractivity contribution is 5.85. The van der Waals surface area contributed by atoms with Gasteiger partial charge in [0.2, 0.25) is 5.91 Å². The van der Waals surface area contributed by atoms with Crippen molar-refractivity contribution in [1.29, 1.82) is 0 Å². The van der Waals surface area contributed by atoms with Crippen molar-refractivity contribution in [2.45, 2.75) is 32.4 Å². The molecule has 0 fully saturated rings. The highest BCUT2D eigenvalue weighted by Crippen LogP contribution is 2.11. The first-order valence-electron chi connectivity index (χ1n) is 5.34. The summed E-state index contributed by atoms with van der Waals surface area (Å²) in [6.07, 6.45) is 3.47. The van der Waals surface area contributed by atoms with E-state index in [-0.39, 0.29) is 5.69 Å². The highest BCUT2D eigenvalue weighted by Gasteiger charge is 2.25. The molecule has 1 aromatic rings. The van der Waals surface area contributed by atoms with Crippen molar-refractivity contribution < 1.29 is 14.3 Å². The molecule has 1 rings (SSSR count). The number of aromatic nitrogens is 2. The number of primary amides is 1. The van der Waals surface area contributed by atoms with Gasteiger partial charge < -0.3 is 15.8 Å². The van der Waals surface area contributed by atoms with Gasteiger partial charge in [-0.1, -0.05) is 0 Å². The van der Waals surface area contributed by atoms with Crippen LogP contribution >= 0.6 is 0 Å². The molecule has 18 heavy (non-hydrogen) atoms. The van der Waals surface area contributed by atoms with Gasteiger partial charge in [-0.2, -0.15) is 0 Å². The highest BCUT2D eigenvalue weighted by atomic mass is 16.6. The first kappa shape index (κ1) is 13.9. The number of hydrogen-bond acceptors (Lipinski definition) is 5. The van der Waals surface area contributed by atoms with Gasteiger partial charge in [-0.15, -0.1) is 0 Å². The first-order chi connectivity index (χ1) is 8.29. The van der Waals surface area contributed by atoms with Crippen molar-refractivity contribution in [2.75, 3.05) is 0 Å². The average molecular weight is 252 g/mol. The van der Waals surface area contributed by atoms with Gasteiger partial charge in [0.25, 0.3) is 0 Å². The van der Waals surface area contributed by atoms with Crippen LogP contribution < -0.4 is 11.1 Å². The Hall–Kier alpha value is -2.18. The van der Waals surface area contributed by atoms with Gasteiger partial charge >= 0.3 is 6.09 Å². The van der Waals surface area contributed by atoms with Gasteiger partial charge in [0, 0.05) is 12.4 Å². The molecule has 0 aromatic carbocycles. The van der Waals surface area contributed by atoms with Crippen LogP contribution in [0.5, 0.6) is 0 Å². The zero-order valence-electron chi connectivity index (χ0n) is 10.5. The number of rotatable bonds is 3. The van der Waals surface area contributed by atoms with Crippen LogP contribution in [0, 0.1) is 0 Å². The number of carbonyl (C=O) groups excluding carboxylic acids is 2. The number of amides is 2. The molecule has 1 unspecified atom stereocenters. The molecule has 1 atom stereocenters. The summed E-state index contributed by atoms with van der Waals surface area (Å²) >= 11 is 0. The maximum Gasteiger partial charge on any atom is 0.408 e. The predicted molar refractivity (Wildman–Crippen MR) is 63.3 cm³/mol. The Morgan fingerprint density at radius 2 is 2.06 bits per heavy atom. The van der Waals surface area contributed by atoms with Crippen molar-refractivity contribution in [3.05, 3.63) is 24.3 Å². The fourth-order valence-electron chi connectivity index (χ4n) is 1.18. The lowest BCUT2D eigenvalue weighted by molar-refractivity contribution is -0.120. The summed E-state index contributed by atoms with van der Waals surface area (Å²) in [5.41, 5.74) is 4.81. The van der Waals surface area contributed by atoms with Gasteiger partial charge in [-0.05, 0) is 20.8 Å². The van der Waals surface area contributed by atoms with E-state index in [9.17, 15) is 9.59 Å². The minimum atomic E-state index is -1.06. The topological polar surface area (TPSA) is 107 Å². The number of carbonyl (C=O) groups is 2. The second-order valence-corrected chi connectivity index (χ2v) is 4.61. The molecule has 3 N–H and O–H groups in total. The second kappa shape index (κ2) is 5.44. The lowest BCUT2D eigenvalue weighted by Gasteiger charge is -2.22. The third kappa shape index (κ3) is 4.36. The summed E-state index contributed by atoms with van der Waals surface area (Å²) in [6.45, 7) is 5.15. The van der Waals surface area contributed by atoms with Crippen LogP contribution in [-0.2, 0) is 9.53 Å². The normalized spacial score (nSPS) is 12.6. The maximum absolute atomic E-state index is 11.6. The molecule has 7 heteroatoms. The molecule has 0 saturated carbocycles. The van der Waals surface area contributed by atoms with Crippen LogP contribution in [0.4, 0.5) is 4.79 Å². The van der Waals surface area contributed by atoms with Crippen molar-refractivity contribution in [1.82, 2.24) is 15.3 Å². The number of nitrogens with one attached hydrogen (secondary N) is 1. The molecule has 0 spiro atoms. The van der Waals surface area contributed by atoms with E-state index in [1.54, 1.807) is 20.8 Å². The number of nitrogens with two attached hydrogens (primary N) is 1. The summed E-state index contributed by atoms with van der Waals surface area (Å²) in [4.78, 5) is 30.6. The van der Waals surface area contributed by atoms with Gasteiger partial charge in [-0.25, -0.2) is 4.79 Å². The lowest BCUT2D eigenvalue weighted by atomic mass is 10.2. The molecule has 0 aliphatic carbocycles. The summed E-state index contributed by atoms with van der Waals surface area (Å²) in [7, 11) is 0. The fourth-order valence-corrected chi connectivity index (χ4v) is 1.18. The Bertz CT molecular complexity index is 428. The monoisotopic (exact) mass is 252 g/mol. The van der Waals surface area contributed by atoms with Crippen molar-refractivity contribution in [3.63, 3.8) is 0 Å². The van der Waals surface area contributed by atoms with Crippen LogP contribution in [0.1, 0.15) is 32.5 Å². The van der Waals surface area contributed by atoms with Crippen LogP contribution in [0.3, 0.4) is 0 Å². The molecule has 0 aliphatic rings. The van der Waals surface area contributed by atoms with E-state index in [1.165, 1.54) is 18.6 Å². The Balaban J connectivity index is 2.77. The minimum Gasteiger partial charge on any atom is -0.444 e. The molecule has 0 bridgehead atoms. The molecule has 2 amide bonds. The largest absolute Gasteiger partial charge is 0.444 e. The molecule has 1 aromatic heterocycles. The molecule has 0 saturated heterocycles. The second-order valence-electron chi connectivity index (χ2n) is 4.61. The Morgan fingerprint density at radius 1 is 1.39 bits per heavy atom. The summed E-state index contributed by atoms with van der Waals surface area (Å²) in [6, 6.07) is -1.06. The third-order valence-electron chi connectivity index (χ3n) is 1.82. The smallest absolute Gasteiger partial charge is 0.408 e. The van der Waals surface area contributed by atoms with Gasteiger partial charge in [0.1, 0.15) is 5.60 Å². The van der Waals surface area contributed by atoms with E-state index in [4.69, 9.17) is 10.5 Å². The van der Waals surface area contributed by atoms with E-state index >= 15 is 0 Å². The Morgan fingerprint density at radius 3 is 2.50 bits per heavy atom. The van der Waals surface area contributed by atoms with E-state index in [0.29, 0.717) is 0 Å². The fraction of sp³-hybridized carbons (Fsp3) is 0.455. The number of nitrogens with zero attached hydrogens (tertiary/aromatic N) is 2. The van der Waals surface area contributed by atoms with Crippen LogP contribution in [-0.4, -0.2) is 27.6 Å². The van der Waals surface area contributed by atoms with E-state index in [0.717, 1.165) is 0 Å². The third-order valence-corrected chi connectivity index (χ3v) is 1.82. The van der Waals surface area contributed by atoms with E-state index in [2.05, 4.69) is 15.3 Å². The van der Waals surface area contributed by atoms with Crippen molar-refractivity contribution in [2.24, 2.45) is 5.73 Å². The lowest BCUT2D eigenvalue weighted by Crippen LogP contribution is -2.40. The minimum absolute atomic E-state index is 0.260. The van der Waals surface area contributed by atoms with Crippen molar-refractivity contribution >= 4 is 12.0 Å². The van der Waals surface area contributed by atoms with Gasteiger partial charge in [-0.3, -0.25) is 14.8 Å². The molecule has 0 aliphatic heterocycles. The number of hydrogen-bond donors (Lipinski definition) is 2. The van der Waals surface area contributed by atoms with Crippen LogP contribution in [0.2, 0.25) is 0 Å². The number of alkyl carbamates (subject to hydrolysis) is 1. The molecule has 1 heterocycles. The molecule has 7 nitrogen and oxygen atoms in total. The first-order valence-corrected chi connectivity index (χ1v) is 5.34. The zero-order chi connectivity index (χ0) is 13.8. The Labute approximate surface area is 105 Å². The molecule has 0 radical (unpaired) electrons. The Kier molecular flexibility index (Phi) is 4.19. The molecular formula is C11H16N4O3. The standard InChI is InChI=1S/C11H16N4O3/c1-11(2,3)18-10(17)15-8(9(12)16)7-6-13-4-5-14-7/h4-6,8H,1-3H3,(H2,12,16)(H,15,17). The summed E-state index contributed by atoms with van der Waals surface area (Å²) < 4.78 is 5.03. The SMILES string of the molecule is CC(C)(C)OC(=O)NC(C(N)=O)c1cnccn1. The van der Waals surface area contributed by atoms with Crippen molar-refractivity contribution in [3.8, 4) is 0 Å². The van der Waals surface area contributed by atoms with Crippen LogP contribution in [0.25, 0.3) is 0 Å². The van der Waals surface area contributed by atoms with Crippen LogP contribution in [0.15, 0.2) is 18.6 Å². The summed E-state index contributed by atoms with van der Waals surface area (Å²) in [5, 5.41) is 2.35. The maximum atomic E-state index is 11.6. The predicted octanol–water partition coefficient (Wildman–Crippen LogP) is 0.528. The zero-order valence-corrected chi connectivity index (χ0v) is 10.5. The van der Waals surface area contributed by atoms with Gasteiger partial charge in [0.05, 0.1) is 11.9 Å². The quantitative estimate of drug-likeness (QED) is 0.815. The molecular weight excluding hydrogens is 236 g/mol. The van der Waals surface area contributed by atoms with Gasteiger partial charge in [0.15, 0.2) is 6.04 Å². The summed E-state index contributed by atoms with van der Waals surface area (Å²) in [5.74, 6) is -0.735. The van der Waals surface area contributed by atoms with E-state index < -0.39 is 23.6 Å².